The SMILES string of the molecule is C1=CC(C2CC(c3ccccc3)CC=C2N(c2ccc(-c3ccccc3)cc2)c2ccc(-c3ccccc3-n3c4c(c5ccccc53)C=CCC4)cc2)=CCC1. The number of allylic oxidation sites excluding steroid dienone is 6. The molecule has 2 heteroatoms. The fraction of sp³-hybridized carbons (Fsp3) is 0.148. The lowest BCUT2D eigenvalue weighted by Gasteiger charge is -2.39. The van der Waals surface area contributed by atoms with Crippen molar-refractivity contribution in [1.82, 2.24) is 4.57 Å². The largest absolute Gasteiger partial charge is 0.314 e. The second kappa shape index (κ2) is 15.0. The first kappa shape index (κ1) is 34.1. The number of hydrogen-bond donors (Lipinski definition) is 0. The maximum Gasteiger partial charge on any atom is 0.0537 e. The van der Waals surface area contributed by atoms with Gasteiger partial charge in [-0.05, 0) is 109 Å². The van der Waals surface area contributed by atoms with E-state index in [0.717, 1.165) is 38.5 Å². The van der Waals surface area contributed by atoms with Crippen molar-refractivity contribution < 1.29 is 0 Å². The van der Waals surface area contributed by atoms with Crippen LogP contribution in [0.15, 0.2) is 199 Å². The lowest BCUT2D eigenvalue weighted by molar-refractivity contribution is 0.505. The third-order valence-electron chi connectivity index (χ3n) is 12.1. The number of benzene rings is 6. The Hall–Kier alpha value is -6.38. The van der Waals surface area contributed by atoms with E-state index in [-0.39, 0.29) is 5.92 Å². The van der Waals surface area contributed by atoms with Gasteiger partial charge in [-0.25, -0.2) is 0 Å². The highest BCUT2D eigenvalue weighted by molar-refractivity contribution is 5.94. The average Bonchev–Trinajstić information content (AvgIpc) is 3.62. The molecule has 2 atom stereocenters. The predicted molar refractivity (Wildman–Crippen MR) is 237 cm³/mol. The number of aromatic nitrogens is 1. The minimum Gasteiger partial charge on any atom is -0.314 e. The molecule has 0 saturated heterocycles. The zero-order valence-electron chi connectivity index (χ0n) is 31.8. The smallest absolute Gasteiger partial charge is 0.0537 e. The Morgan fingerprint density at radius 1 is 0.536 bits per heavy atom. The van der Waals surface area contributed by atoms with Crippen LogP contribution in [0.2, 0.25) is 0 Å². The molecule has 0 radical (unpaired) electrons. The van der Waals surface area contributed by atoms with Crippen LogP contribution in [0.4, 0.5) is 11.4 Å². The van der Waals surface area contributed by atoms with Gasteiger partial charge in [0.2, 0.25) is 0 Å². The first-order valence-electron chi connectivity index (χ1n) is 20.4. The van der Waals surface area contributed by atoms with Gasteiger partial charge in [-0.1, -0.05) is 158 Å². The molecule has 2 unspecified atom stereocenters. The number of fused-ring (bicyclic) bond motifs is 3. The molecule has 3 aliphatic rings. The van der Waals surface area contributed by atoms with E-state index in [1.54, 1.807) is 0 Å². The summed E-state index contributed by atoms with van der Waals surface area (Å²) in [5.74, 6) is 0.760. The summed E-state index contributed by atoms with van der Waals surface area (Å²) in [4.78, 5) is 2.54. The van der Waals surface area contributed by atoms with Crippen LogP contribution < -0.4 is 4.90 Å². The summed E-state index contributed by atoms with van der Waals surface area (Å²) in [6, 6.07) is 58.2. The first-order chi connectivity index (χ1) is 27.8. The van der Waals surface area contributed by atoms with Gasteiger partial charge in [0.15, 0.2) is 0 Å². The predicted octanol–water partition coefficient (Wildman–Crippen LogP) is 14.4. The van der Waals surface area contributed by atoms with Gasteiger partial charge in [0.25, 0.3) is 0 Å². The summed E-state index contributed by atoms with van der Waals surface area (Å²) >= 11 is 0. The Balaban J connectivity index is 1.08. The maximum atomic E-state index is 2.54. The molecule has 0 bridgehead atoms. The van der Waals surface area contributed by atoms with Crippen molar-refractivity contribution in [2.75, 3.05) is 4.90 Å². The highest BCUT2D eigenvalue weighted by Gasteiger charge is 2.32. The standard InChI is InChI=1S/C54H46N2/c1-4-16-39(17-5-1)41-28-33-45(34-29-41)55(54-37-32-44(40-18-6-2-7-19-40)38-50(54)42-20-8-3-9-21-42)46-35-30-43(31-36-46)47-22-10-13-25-51(47)56-52-26-14-11-23-48(52)49-24-12-15-27-53(49)56/h1-2,4-8,10-14,16-26,28-31,33-37,44,50H,3,9,15,27,32,38H2. The first-order valence-corrected chi connectivity index (χ1v) is 20.4. The van der Waals surface area contributed by atoms with E-state index in [2.05, 4.69) is 204 Å². The van der Waals surface area contributed by atoms with Crippen molar-refractivity contribution in [3.05, 3.63) is 216 Å². The van der Waals surface area contributed by atoms with Crippen molar-refractivity contribution in [3.8, 4) is 27.9 Å². The van der Waals surface area contributed by atoms with E-state index in [1.807, 2.05) is 0 Å². The Kier molecular flexibility index (Phi) is 9.17. The average molecular weight is 723 g/mol. The maximum absolute atomic E-state index is 2.54. The van der Waals surface area contributed by atoms with Crippen LogP contribution in [0, 0.1) is 5.92 Å². The van der Waals surface area contributed by atoms with Gasteiger partial charge >= 0.3 is 0 Å². The van der Waals surface area contributed by atoms with Crippen molar-refractivity contribution in [1.29, 1.82) is 0 Å². The third-order valence-corrected chi connectivity index (χ3v) is 12.1. The van der Waals surface area contributed by atoms with Gasteiger partial charge in [-0.2, -0.15) is 0 Å². The molecule has 0 spiro atoms. The van der Waals surface area contributed by atoms with Crippen molar-refractivity contribution in [2.45, 2.75) is 44.4 Å². The van der Waals surface area contributed by atoms with Crippen molar-refractivity contribution in [2.24, 2.45) is 5.92 Å². The highest BCUT2D eigenvalue weighted by atomic mass is 15.2. The number of rotatable bonds is 8. The fourth-order valence-corrected chi connectivity index (χ4v) is 9.38. The van der Waals surface area contributed by atoms with Crippen molar-refractivity contribution >= 4 is 28.4 Å². The van der Waals surface area contributed by atoms with Crippen LogP contribution in [0.5, 0.6) is 0 Å². The second-order valence-corrected chi connectivity index (χ2v) is 15.4. The van der Waals surface area contributed by atoms with Crippen LogP contribution >= 0.6 is 0 Å². The molecule has 1 heterocycles. The molecule has 1 aromatic heterocycles. The highest BCUT2D eigenvalue weighted by Crippen LogP contribution is 2.46. The van der Waals surface area contributed by atoms with E-state index in [9.17, 15) is 0 Å². The molecule has 10 rings (SSSR count). The Morgan fingerprint density at radius 3 is 1.96 bits per heavy atom. The van der Waals surface area contributed by atoms with Crippen LogP contribution in [0.3, 0.4) is 0 Å². The molecule has 7 aromatic rings. The molecule has 6 aromatic carbocycles. The molecule has 3 aliphatic carbocycles. The minimum atomic E-state index is 0.280. The van der Waals surface area contributed by atoms with Gasteiger partial charge in [0, 0.05) is 45.2 Å². The Labute approximate surface area is 331 Å². The van der Waals surface area contributed by atoms with E-state index in [4.69, 9.17) is 0 Å². The molecule has 272 valence electrons. The molecule has 0 saturated carbocycles. The molecular formula is C54H46N2. The molecule has 0 aliphatic heterocycles. The van der Waals surface area contributed by atoms with Gasteiger partial charge in [-0.3, -0.25) is 0 Å². The summed E-state index contributed by atoms with van der Waals surface area (Å²) in [7, 11) is 0. The van der Waals surface area contributed by atoms with E-state index in [0.29, 0.717) is 5.92 Å². The summed E-state index contributed by atoms with van der Waals surface area (Å²) < 4.78 is 2.52. The van der Waals surface area contributed by atoms with Gasteiger partial charge < -0.3 is 9.47 Å². The fourth-order valence-electron chi connectivity index (χ4n) is 9.38. The van der Waals surface area contributed by atoms with Crippen LogP contribution in [0.1, 0.15) is 54.8 Å². The number of hydrogen-bond acceptors (Lipinski definition) is 1. The molecular weight excluding hydrogens is 677 g/mol. The Bertz CT molecular complexity index is 2620. The topological polar surface area (TPSA) is 8.17 Å². The second-order valence-electron chi connectivity index (χ2n) is 15.4. The van der Waals surface area contributed by atoms with E-state index >= 15 is 0 Å². The molecule has 56 heavy (non-hydrogen) atoms. The molecule has 2 nitrogen and oxygen atoms in total. The molecule has 0 amide bonds. The minimum absolute atomic E-state index is 0.280. The van der Waals surface area contributed by atoms with E-state index in [1.165, 1.54) is 78.3 Å². The van der Waals surface area contributed by atoms with Gasteiger partial charge in [-0.15, -0.1) is 0 Å². The van der Waals surface area contributed by atoms with Crippen molar-refractivity contribution in [3.63, 3.8) is 0 Å². The summed E-state index contributed by atoms with van der Waals surface area (Å²) in [6.07, 6.45) is 20.9. The summed E-state index contributed by atoms with van der Waals surface area (Å²) in [5, 5.41) is 1.32. The normalized spacial score (nSPS) is 17.6. The quantitative estimate of drug-likeness (QED) is 0.152. The number of nitrogens with zero attached hydrogens (tertiary/aromatic N) is 2. The zero-order chi connectivity index (χ0) is 37.3. The van der Waals surface area contributed by atoms with Crippen LogP contribution in [-0.4, -0.2) is 4.57 Å². The summed E-state index contributed by atoms with van der Waals surface area (Å²) in [6.45, 7) is 0. The molecule has 0 fully saturated rings. The summed E-state index contributed by atoms with van der Waals surface area (Å²) in [5.41, 5.74) is 16.8. The molecule has 0 N–H and O–H groups in total. The van der Waals surface area contributed by atoms with Gasteiger partial charge in [0.05, 0.1) is 11.2 Å². The van der Waals surface area contributed by atoms with Gasteiger partial charge in [0.1, 0.15) is 0 Å². The lowest BCUT2D eigenvalue weighted by Crippen LogP contribution is -2.28. The Morgan fingerprint density at radius 2 is 1.20 bits per heavy atom. The van der Waals surface area contributed by atoms with Crippen LogP contribution in [-0.2, 0) is 6.42 Å². The van der Waals surface area contributed by atoms with E-state index < -0.39 is 0 Å². The van der Waals surface area contributed by atoms with Crippen LogP contribution in [0.25, 0.3) is 44.9 Å². The number of anilines is 2. The third kappa shape index (κ3) is 6.35. The monoisotopic (exact) mass is 722 g/mol. The number of para-hydroxylation sites is 2. The lowest BCUT2D eigenvalue weighted by atomic mass is 9.75. The zero-order valence-corrected chi connectivity index (χ0v) is 31.8.